The van der Waals surface area contributed by atoms with Gasteiger partial charge in [0, 0.05) is 22.2 Å². The van der Waals surface area contributed by atoms with Gasteiger partial charge in [0.2, 0.25) is 0 Å². The molecule has 3 unspecified atom stereocenters. The van der Waals surface area contributed by atoms with E-state index in [2.05, 4.69) is 5.32 Å². The van der Waals surface area contributed by atoms with E-state index in [9.17, 15) is 4.79 Å². The Morgan fingerprint density at radius 1 is 1.08 bits per heavy atom. The second-order valence-corrected chi connectivity index (χ2v) is 7.57. The fraction of sp³-hybridized carbons (Fsp3) is 0.381. The van der Waals surface area contributed by atoms with E-state index < -0.39 is 0 Å². The number of carbonyl (C=O) groups excluding carboxylic acids is 1. The second kappa shape index (κ2) is 7.09. The monoisotopic (exact) mass is 355 g/mol. The molecule has 4 heteroatoms. The van der Waals surface area contributed by atoms with Crippen molar-refractivity contribution in [3.05, 3.63) is 64.7 Å². The third kappa shape index (κ3) is 3.67. The normalized spacial score (nSPS) is 24.3. The summed E-state index contributed by atoms with van der Waals surface area (Å²) in [6.45, 7) is 0.413. The Morgan fingerprint density at radius 2 is 1.88 bits per heavy atom. The zero-order valence-corrected chi connectivity index (χ0v) is 14.8. The highest BCUT2D eigenvalue weighted by atomic mass is 35.5. The van der Waals surface area contributed by atoms with Crippen LogP contribution in [0.5, 0.6) is 5.75 Å². The molecule has 2 saturated carbocycles. The first-order valence-corrected chi connectivity index (χ1v) is 9.34. The van der Waals surface area contributed by atoms with Gasteiger partial charge >= 0.3 is 0 Å². The fourth-order valence-corrected chi connectivity index (χ4v) is 4.34. The standard InChI is InChI=1S/C21H22ClNO2/c22-19-4-2-1-3-17(19)13-25-18-9-7-15(8-10-18)21(24)23-20-12-14-5-6-16(20)11-14/h1-4,7-10,14,16,20H,5-6,11-13H2,(H,23,24). The Balaban J connectivity index is 1.33. The summed E-state index contributed by atoms with van der Waals surface area (Å²) in [6, 6.07) is 15.3. The number of fused-ring (bicyclic) bond motifs is 2. The van der Waals surface area contributed by atoms with Crippen LogP contribution >= 0.6 is 11.6 Å². The quantitative estimate of drug-likeness (QED) is 0.833. The summed E-state index contributed by atoms with van der Waals surface area (Å²) in [5.74, 6) is 2.27. The van der Waals surface area contributed by atoms with E-state index in [0.717, 1.165) is 23.7 Å². The molecular formula is C21H22ClNO2. The number of hydrogen-bond acceptors (Lipinski definition) is 2. The number of rotatable bonds is 5. The zero-order chi connectivity index (χ0) is 17.2. The van der Waals surface area contributed by atoms with E-state index in [1.807, 2.05) is 48.5 Å². The van der Waals surface area contributed by atoms with E-state index in [4.69, 9.17) is 16.3 Å². The molecule has 2 bridgehead atoms. The molecule has 0 aromatic heterocycles. The number of carbonyl (C=O) groups is 1. The van der Waals surface area contributed by atoms with Crippen LogP contribution < -0.4 is 10.1 Å². The molecule has 1 N–H and O–H groups in total. The lowest BCUT2D eigenvalue weighted by Gasteiger charge is -2.22. The average molecular weight is 356 g/mol. The van der Waals surface area contributed by atoms with Crippen LogP contribution in [0.1, 0.15) is 41.6 Å². The van der Waals surface area contributed by atoms with Crippen molar-refractivity contribution in [1.82, 2.24) is 5.32 Å². The average Bonchev–Trinajstić information content (AvgIpc) is 3.24. The fourth-order valence-electron chi connectivity index (χ4n) is 4.15. The van der Waals surface area contributed by atoms with Crippen molar-refractivity contribution >= 4 is 17.5 Å². The van der Waals surface area contributed by atoms with Gasteiger partial charge in [0.05, 0.1) is 0 Å². The van der Waals surface area contributed by atoms with Gasteiger partial charge in [-0.15, -0.1) is 0 Å². The highest BCUT2D eigenvalue weighted by Gasteiger charge is 2.40. The van der Waals surface area contributed by atoms with Gasteiger partial charge in [-0.3, -0.25) is 4.79 Å². The van der Waals surface area contributed by atoms with E-state index in [0.29, 0.717) is 29.2 Å². The Kier molecular flexibility index (Phi) is 4.67. The van der Waals surface area contributed by atoms with Gasteiger partial charge in [0.15, 0.2) is 0 Å². The van der Waals surface area contributed by atoms with E-state index in [1.165, 1.54) is 19.3 Å². The minimum Gasteiger partial charge on any atom is -0.489 e. The zero-order valence-electron chi connectivity index (χ0n) is 14.1. The molecule has 4 rings (SSSR count). The molecule has 2 aromatic rings. The summed E-state index contributed by atoms with van der Waals surface area (Å²) < 4.78 is 5.77. The van der Waals surface area contributed by atoms with Crippen molar-refractivity contribution in [3.8, 4) is 5.75 Å². The smallest absolute Gasteiger partial charge is 0.251 e. The molecule has 2 aliphatic rings. The molecule has 2 fully saturated rings. The van der Waals surface area contributed by atoms with Gasteiger partial charge in [-0.05, 0) is 61.4 Å². The first kappa shape index (κ1) is 16.5. The van der Waals surface area contributed by atoms with Crippen LogP contribution in [0.4, 0.5) is 0 Å². The summed E-state index contributed by atoms with van der Waals surface area (Å²) >= 11 is 6.13. The number of benzene rings is 2. The molecule has 3 nitrogen and oxygen atoms in total. The van der Waals surface area contributed by atoms with Crippen molar-refractivity contribution in [2.24, 2.45) is 11.8 Å². The van der Waals surface area contributed by atoms with Crippen molar-refractivity contribution in [2.45, 2.75) is 38.3 Å². The Hall–Kier alpha value is -2.00. The first-order valence-electron chi connectivity index (χ1n) is 8.96. The lowest BCUT2D eigenvalue weighted by molar-refractivity contribution is 0.0923. The SMILES string of the molecule is O=C(NC1CC2CCC1C2)c1ccc(OCc2ccccc2Cl)cc1. The van der Waals surface area contributed by atoms with Crippen LogP contribution in [0.15, 0.2) is 48.5 Å². The second-order valence-electron chi connectivity index (χ2n) is 7.16. The molecule has 3 atom stereocenters. The highest BCUT2D eigenvalue weighted by Crippen LogP contribution is 2.44. The maximum Gasteiger partial charge on any atom is 0.251 e. The van der Waals surface area contributed by atoms with E-state index in [-0.39, 0.29) is 5.91 Å². The van der Waals surface area contributed by atoms with Gasteiger partial charge in [-0.1, -0.05) is 36.2 Å². The Morgan fingerprint density at radius 3 is 2.56 bits per heavy atom. The molecule has 0 aliphatic heterocycles. The van der Waals surface area contributed by atoms with Gasteiger partial charge in [0.25, 0.3) is 5.91 Å². The minimum absolute atomic E-state index is 0.0233. The molecule has 2 aliphatic carbocycles. The van der Waals surface area contributed by atoms with Gasteiger partial charge in [-0.25, -0.2) is 0 Å². The van der Waals surface area contributed by atoms with Crippen LogP contribution in [-0.4, -0.2) is 11.9 Å². The van der Waals surface area contributed by atoms with Crippen LogP contribution in [-0.2, 0) is 6.61 Å². The molecule has 0 saturated heterocycles. The summed E-state index contributed by atoms with van der Waals surface area (Å²) in [5.41, 5.74) is 1.63. The van der Waals surface area contributed by atoms with Crippen LogP contribution in [0.25, 0.3) is 0 Å². The van der Waals surface area contributed by atoms with Gasteiger partial charge in [-0.2, -0.15) is 0 Å². The predicted molar refractivity (Wildman–Crippen MR) is 98.9 cm³/mol. The molecular weight excluding hydrogens is 334 g/mol. The van der Waals surface area contributed by atoms with Crippen LogP contribution in [0.2, 0.25) is 5.02 Å². The largest absolute Gasteiger partial charge is 0.489 e. The number of halogens is 1. The van der Waals surface area contributed by atoms with Gasteiger partial charge < -0.3 is 10.1 Å². The van der Waals surface area contributed by atoms with Crippen molar-refractivity contribution in [3.63, 3.8) is 0 Å². The number of nitrogens with one attached hydrogen (secondary N) is 1. The van der Waals surface area contributed by atoms with E-state index in [1.54, 1.807) is 0 Å². The summed E-state index contributed by atoms with van der Waals surface area (Å²) in [4.78, 5) is 12.4. The third-order valence-electron chi connectivity index (χ3n) is 5.52. The topological polar surface area (TPSA) is 38.3 Å². The summed E-state index contributed by atoms with van der Waals surface area (Å²) in [6.07, 6.45) is 5.05. The molecule has 0 spiro atoms. The molecule has 25 heavy (non-hydrogen) atoms. The predicted octanol–water partition coefficient (Wildman–Crippen LogP) is 4.84. The number of hydrogen-bond donors (Lipinski definition) is 1. The molecule has 2 aromatic carbocycles. The Bertz CT molecular complexity index is 759. The Labute approximate surface area is 153 Å². The van der Waals surface area contributed by atoms with Crippen molar-refractivity contribution < 1.29 is 9.53 Å². The number of ether oxygens (including phenoxy) is 1. The maximum atomic E-state index is 12.4. The van der Waals surface area contributed by atoms with Gasteiger partial charge in [0.1, 0.15) is 12.4 Å². The van der Waals surface area contributed by atoms with Crippen LogP contribution in [0, 0.1) is 11.8 Å². The van der Waals surface area contributed by atoms with Crippen molar-refractivity contribution in [1.29, 1.82) is 0 Å². The summed E-state index contributed by atoms with van der Waals surface area (Å²) in [5, 5.41) is 3.91. The molecule has 0 heterocycles. The summed E-state index contributed by atoms with van der Waals surface area (Å²) in [7, 11) is 0. The van der Waals surface area contributed by atoms with Crippen molar-refractivity contribution in [2.75, 3.05) is 0 Å². The lowest BCUT2D eigenvalue weighted by atomic mass is 9.95. The van der Waals surface area contributed by atoms with E-state index >= 15 is 0 Å². The van der Waals surface area contributed by atoms with Crippen LogP contribution in [0.3, 0.4) is 0 Å². The minimum atomic E-state index is 0.0233. The molecule has 0 radical (unpaired) electrons. The first-order chi connectivity index (χ1) is 12.2. The third-order valence-corrected chi connectivity index (χ3v) is 5.89. The molecule has 1 amide bonds. The highest BCUT2D eigenvalue weighted by molar-refractivity contribution is 6.31. The molecule has 130 valence electrons. The number of amides is 1. The maximum absolute atomic E-state index is 12.4. The lowest BCUT2D eigenvalue weighted by Crippen LogP contribution is -2.38.